The third kappa shape index (κ3) is 6.45. The van der Waals surface area contributed by atoms with Crippen molar-refractivity contribution in [3.8, 4) is 0 Å². The zero-order valence-electron chi connectivity index (χ0n) is 12.1. The lowest BCUT2D eigenvalue weighted by atomic mass is 10.2. The Morgan fingerprint density at radius 1 is 1.32 bits per heavy atom. The van der Waals surface area contributed by atoms with Gasteiger partial charge in [0.15, 0.2) is 0 Å². The number of hydrogen-bond donors (Lipinski definition) is 1. The molecule has 0 saturated carbocycles. The molecule has 1 heterocycles. The molecule has 1 fully saturated rings. The highest BCUT2D eigenvalue weighted by Gasteiger charge is 2.25. The van der Waals surface area contributed by atoms with Crippen LogP contribution in [0.4, 0.5) is 4.79 Å². The first kappa shape index (κ1) is 16.5. The van der Waals surface area contributed by atoms with E-state index in [4.69, 9.17) is 16.3 Å². The SMILES string of the molecule is CC(C)(C)OC(=O)N1CCN(CCC(O)CCl)CC1. The maximum absolute atomic E-state index is 11.9. The number of ether oxygens (including phenoxy) is 1. The molecule has 112 valence electrons. The number of aliphatic hydroxyl groups is 1. The molecule has 0 aliphatic carbocycles. The molecule has 0 aromatic carbocycles. The van der Waals surface area contributed by atoms with Gasteiger partial charge in [0.2, 0.25) is 0 Å². The Kier molecular flexibility index (Phi) is 6.36. The molecule has 1 amide bonds. The van der Waals surface area contributed by atoms with Gasteiger partial charge >= 0.3 is 6.09 Å². The van der Waals surface area contributed by atoms with Crippen molar-refractivity contribution in [3.63, 3.8) is 0 Å². The lowest BCUT2D eigenvalue weighted by molar-refractivity contribution is 0.0135. The van der Waals surface area contributed by atoms with Gasteiger partial charge in [-0.05, 0) is 27.2 Å². The molecule has 5 nitrogen and oxygen atoms in total. The van der Waals surface area contributed by atoms with E-state index in [1.807, 2.05) is 20.8 Å². The van der Waals surface area contributed by atoms with Crippen molar-refractivity contribution in [2.45, 2.75) is 38.9 Å². The van der Waals surface area contributed by atoms with Crippen LogP contribution in [0.15, 0.2) is 0 Å². The van der Waals surface area contributed by atoms with Crippen LogP contribution in [0, 0.1) is 0 Å². The van der Waals surface area contributed by atoms with Gasteiger partial charge in [-0.15, -0.1) is 11.6 Å². The first-order valence-electron chi connectivity index (χ1n) is 6.76. The highest BCUT2D eigenvalue weighted by Crippen LogP contribution is 2.12. The van der Waals surface area contributed by atoms with Gasteiger partial charge in [0, 0.05) is 38.6 Å². The van der Waals surface area contributed by atoms with Crippen LogP contribution in [0.1, 0.15) is 27.2 Å². The molecule has 0 spiro atoms. The fourth-order valence-electron chi connectivity index (χ4n) is 1.89. The first-order valence-corrected chi connectivity index (χ1v) is 7.29. The highest BCUT2D eigenvalue weighted by molar-refractivity contribution is 6.18. The van der Waals surface area contributed by atoms with Gasteiger partial charge < -0.3 is 14.7 Å². The Bertz CT molecular complexity index is 286. The van der Waals surface area contributed by atoms with E-state index >= 15 is 0 Å². The van der Waals surface area contributed by atoms with Crippen LogP contribution in [-0.2, 0) is 4.74 Å². The summed E-state index contributed by atoms with van der Waals surface area (Å²) < 4.78 is 5.34. The van der Waals surface area contributed by atoms with Crippen LogP contribution in [0.5, 0.6) is 0 Å². The molecule has 1 N–H and O–H groups in total. The fourth-order valence-corrected chi connectivity index (χ4v) is 2.04. The second-order valence-electron chi connectivity index (χ2n) is 5.91. The van der Waals surface area contributed by atoms with Crippen LogP contribution in [0.3, 0.4) is 0 Å². The molecule has 1 unspecified atom stereocenters. The Hall–Kier alpha value is -0.520. The summed E-state index contributed by atoms with van der Waals surface area (Å²) in [6, 6.07) is 0. The largest absolute Gasteiger partial charge is 0.444 e. The van der Waals surface area contributed by atoms with Gasteiger partial charge in [-0.25, -0.2) is 4.79 Å². The molecule has 1 atom stereocenters. The number of alkyl halides is 1. The van der Waals surface area contributed by atoms with E-state index in [-0.39, 0.29) is 12.0 Å². The van der Waals surface area contributed by atoms with Crippen LogP contribution in [0.2, 0.25) is 0 Å². The normalized spacial score (nSPS) is 19.3. The molecule has 1 rings (SSSR count). The summed E-state index contributed by atoms with van der Waals surface area (Å²) in [5, 5.41) is 9.41. The van der Waals surface area contributed by atoms with Crippen molar-refractivity contribution in [1.82, 2.24) is 9.80 Å². The number of nitrogens with zero attached hydrogens (tertiary/aromatic N) is 2. The van der Waals surface area contributed by atoms with Gasteiger partial charge in [-0.1, -0.05) is 0 Å². The van der Waals surface area contributed by atoms with Crippen molar-refractivity contribution in [2.75, 3.05) is 38.6 Å². The van der Waals surface area contributed by atoms with Crippen molar-refractivity contribution in [1.29, 1.82) is 0 Å². The van der Waals surface area contributed by atoms with Gasteiger partial charge in [0.1, 0.15) is 5.60 Å². The summed E-state index contributed by atoms with van der Waals surface area (Å²) in [7, 11) is 0. The number of hydrogen-bond acceptors (Lipinski definition) is 4. The van der Waals surface area contributed by atoms with Crippen molar-refractivity contribution < 1.29 is 14.6 Å². The maximum atomic E-state index is 11.9. The quantitative estimate of drug-likeness (QED) is 0.799. The minimum atomic E-state index is -0.446. The predicted molar refractivity (Wildman–Crippen MR) is 75.6 cm³/mol. The molecule has 1 aliphatic rings. The van der Waals surface area contributed by atoms with Gasteiger partial charge in [0.05, 0.1) is 6.10 Å². The molecule has 0 bridgehead atoms. The summed E-state index contributed by atoms with van der Waals surface area (Å²) in [6.07, 6.45) is -0.00542. The van der Waals surface area contributed by atoms with E-state index in [9.17, 15) is 9.90 Å². The van der Waals surface area contributed by atoms with Gasteiger partial charge in [0.25, 0.3) is 0 Å². The van der Waals surface area contributed by atoms with Crippen LogP contribution < -0.4 is 0 Å². The molecule has 19 heavy (non-hydrogen) atoms. The van der Waals surface area contributed by atoms with Crippen molar-refractivity contribution in [3.05, 3.63) is 0 Å². The molecule has 1 aliphatic heterocycles. The molecule has 0 aromatic heterocycles. The number of halogens is 1. The summed E-state index contributed by atoms with van der Waals surface area (Å²) in [5.74, 6) is 0.276. The molecular weight excluding hydrogens is 268 g/mol. The van der Waals surface area contributed by atoms with E-state index in [0.29, 0.717) is 19.5 Å². The van der Waals surface area contributed by atoms with Crippen molar-refractivity contribution >= 4 is 17.7 Å². The van der Waals surface area contributed by atoms with Gasteiger partial charge in [-0.2, -0.15) is 0 Å². The number of aliphatic hydroxyl groups excluding tert-OH is 1. The van der Waals surface area contributed by atoms with Crippen LogP contribution in [0.25, 0.3) is 0 Å². The number of carbonyl (C=O) groups excluding carboxylic acids is 1. The van der Waals surface area contributed by atoms with E-state index in [2.05, 4.69) is 4.90 Å². The third-order valence-corrected chi connectivity index (χ3v) is 3.34. The minimum Gasteiger partial charge on any atom is -0.444 e. The molecule has 6 heteroatoms. The monoisotopic (exact) mass is 292 g/mol. The minimum absolute atomic E-state index is 0.243. The van der Waals surface area contributed by atoms with E-state index in [1.54, 1.807) is 4.90 Å². The lowest BCUT2D eigenvalue weighted by Gasteiger charge is -2.35. The molecule has 1 saturated heterocycles. The second-order valence-corrected chi connectivity index (χ2v) is 6.21. The average Bonchev–Trinajstić information content (AvgIpc) is 2.34. The molecular formula is C13H25ClN2O3. The Morgan fingerprint density at radius 2 is 1.89 bits per heavy atom. The highest BCUT2D eigenvalue weighted by atomic mass is 35.5. The number of carbonyl (C=O) groups is 1. The number of piperazine rings is 1. The smallest absolute Gasteiger partial charge is 0.410 e. The Balaban J connectivity index is 2.27. The average molecular weight is 293 g/mol. The summed E-state index contributed by atoms with van der Waals surface area (Å²) in [4.78, 5) is 15.8. The first-order chi connectivity index (χ1) is 8.81. The predicted octanol–water partition coefficient (Wildman–Crippen LogP) is 1.53. The molecule has 0 aromatic rings. The summed E-state index contributed by atoms with van der Waals surface area (Å²) in [5.41, 5.74) is -0.446. The van der Waals surface area contributed by atoms with E-state index in [0.717, 1.165) is 19.6 Å². The van der Waals surface area contributed by atoms with Gasteiger partial charge in [-0.3, -0.25) is 4.90 Å². The molecule has 0 radical (unpaired) electrons. The van der Waals surface area contributed by atoms with E-state index < -0.39 is 11.7 Å². The van der Waals surface area contributed by atoms with E-state index in [1.165, 1.54) is 0 Å². The Labute approximate surface area is 120 Å². The van der Waals surface area contributed by atoms with Crippen LogP contribution in [-0.4, -0.2) is 71.3 Å². The standard InChI is InChI=1S/C13H25ClN2O3/c1-13(2,3)19-12(18)16-8-6-15(7-9-16)5-4-11(17)10-14/h11,17H,4-10H2,1-3H3. The van der Waals surface area contributed by atoms with Crippen LogP contribution >= 0.6 is 11.6 Å². The zero-order chi connectivity index (χ0) is 14.5. The maximum Gasteiger partial charge on any atom is 0.410 e. The second kappa shape index (κ2) is 7.31. The lowest BCUT2D eigenvalue weighted by Crippen LogP contribution is -2.50. The summed E-state index contributed by atoms with van der Waals surface area (Å²) in [6.45, 7) is 9.40. The zero-order valence-corrected chi connectivity index (χ0v) is 12.8. The Morgan fingerprint density at radius 3 is 2.37 bits per heavy atom. The summed E-state index contributed by atoms with van der Waals surface area (Å²) >= 11 is 5.56. The third-order valence-electron chi connectivity index (χ3n) is 2.98. The van der Waals surface area contributed by atoms with Crippen molar-refractivity contribution in [2.24, 2.45) is 0 Å². The topological polar surface area (TPSA) is 53.0 Å². The number of amides is 1. The number of rotatable bonds is 4. The fraction of sp³-hybridized carbons (Fsp3) is 0.923.